The molecule has 0 radical (unpaired) electrons. The Bertz CT molecular complexity index is 1570. The Hall–Kier alpha value is -4.67. The normalized spacial score (nSPS) is 11.6. The molecule has 1 aromatic carbocycles. The second kappa shape index (κ2) is 8.46. The summed E-state index contributed by atoms with van der Waals surface area (Å²) in [6.45, 7) is 1.70. The molecule has 0 aliphatic carbocycles. The van der Waals surface area contributed by atoms with Gasteiger partial charge in [0, 0.05) is 30.9 Å². The molecular formula is C22H17N5O6. The Kier molecular flexibility index (Phi) is 5.53. The first-order chi connectivity index (χ1) is 15.8. The molecule has 0 saturated carbocycles. The van der Waals surface area contributed by atoms with Gasteiger partial charge in [0.05, 0.1) is 16.9 Å². The first-order valence-electron chi connectivity index (χ1n) is 9.83. The van der Waals surface area contributed by atoms with E-state index in [0.29, 0.717) is 5.65 Å². The van der Waals surface area contributed by atoms with Crippen LogP contribution in [0.4, 0.5) is 5.69 Å². The summed E-state index contributed by atoms with van der Waals surface area (Å²) >= 11 is 0. The number of hydrogen-bond donors (Lipinski definition) is 0. The van der Waals surface area contributed by atoms with Crippen molar-refractivity contribution in [3.05, 3.63) is 91.8 Å². The molecule has 3 heterocycles. The van der Waals surface area contributed by atoms with Gasteiger partial charge in [-0.2, -0.15) is 4.99 Å². The standard InChI is InChI=1S/C22H17N5O6/c1-3-33-22(30)16-12-15-18(23-17-6-4-5-11-26(17)21(15)29)25(2)19(16)24-20(28)13-7-9-14(10-8-13)27(31)32/h4-12H,3H2,1-2H3. The molecule has 0 saturated heterocycles. The molecular weight excluding hydrogens is 430 g/mol. The Morgan fingerprint density at radius 1 is 1.18 bits per heavy atom. The number of benzene rings is 1. The summed E-state index contributed by atoms with van der Waals surface area (Å²) in [5, 5.41) is 11.0. The van der Waals surface area contributed by atoms with Crippen LogP contribution in [0.5, 0.6) is 0 Å². The number of carbonyl (C=O) groups is 2. The SMILES string of the molecule is CCOC(=O)c1cc2c(=O)n3ccccc3nc2n(C)c1=NC(=O)c1ccc([N+](=O)[O-])cc1. The topological polar surface area (TPSA) is 138 Å². The van der Waals surface area contributed by atoms with Crippen LogP contribution in [0, 0.1) is 10.1 Å². The van der Waals surface area contributed by atoms with Crippen LogP contribution in [-0.2, 0) is 11.8 Å². The molecule has 0 spiro atoms. The largest absolute Gasteiger partial charge is 0.462 e. The van der Waals surface area contributed by atoms with Gasteiger partial charge < -0.3 is 9.30 Å². The molecule has 166 valence electrons. The van der Waals surface area contributed by atoms with E-state index in [9.17, 15) is 24.5 Å². The van der Waals surface area contributed by atoms with Crippen molar-refractivity contribution in [1.29, 1.82) is 0 Å². The molecule has 4 aromatic rings. The molecule has 0 N–H and O–H groups in total. The highest BCUT2D eigenvalue weighted by molar-refractivity contribution is 5.97. The van der Waals surface area contributed by atoms with E-state index in [1.807, 2.05) is 0 Å². The van der Waals surface area contributed by atoms with Gasteiger partial charge in [0.1, 0.15) is 16.9 Å². The van der Waals surface area contributed by atoms with Crippen molar-refractivity contribution < 1.29 is 19.2 Å². The van der Waals surface area contributed by atoms with Crippen LogP contribution in [0.3, 0.4) is 0 Å². The maximum atomic E-state index is 13.0. The Morgan fingerprint density at radius 2 is 1.91 bits per heavy atom. The van der Waals surface area contributed by atoms with E-state index in [1.165, 1.54) is 46.3 Å². The average Bonchev–Trinajstić information content (AvgIpc) is 2.81. The third-order valence-corrected chi connectivity index (χ3v) is 4.94. The fourth-order valence-corrected chi connectivity index (χ4v) is 3.34. The van der Waals surface area contributed by atoms with Crippen LogP contribution in [0.1, 0.15) is 27.6 Å². The highest BCUT2D eigenvalue weighted by atomic mass is 16.6. The van der Waals surface area contributed by atoms with E-state index < -0.39 is 22.4 Å². The molecule has 0 aliphatic rings. The molecule has 33 heavy (non-hydrogen) atoms. The fourth-order valence-electron chi connectivity index (χ4n) is 3.34. The number of nitro benzene ring substituents is 1. The van der Waals surface area contributed by atoms with Crippen LogP contribution in [0.15, 0.2) is 64.5 Å². The van der Waals surface area contributed by atoms with Gasteiger partial charge >= 0.3 is 5.97 Å². The number of fused-ring (bicyclic) bond motifs is 2. The summed E-state index contributed by atoms with van der Waals surface area (Å²) in [5.41, 5.74) is -0.0383. The number of nitro groups is 1. The third-order valence-electron chi connectivity index (χ3n) is 4.94. The molecule has 4 rings (SSSR count). The zero-order valence-corrected chi connectivity index (χ0v) is 17.6. The summed E-state index contributed by atoms with van der Waals surface area (Å²) < 4.78 is 7.82. The van der Waals surface area contributed by atoms with E-state index in [0.717, 1.165) is 0 Å². The van der Waals surface area contributed by atoms with E-state index in [-0.39, 0.29) is 39.9 Å². The van der Waals surface area contributed by atoms with Gasteiger partial charge in [-0.05, 0) is 37.3 Å². The zero-order valence-electron chi connectivity index (χ0n) is 17.6. The predicted octanol–water partition coefficient (Wildman–Crippen LogP) is 2.01. The van der Waals surface area contributed by atoms with Crippen molar-refractivity contribution >= 4 is 34.2 Å². The summed E-state index contributed by atoms with van der Waals surface area (Å²) in [7, 11) is 1.53. The first-order valence-corrected chi connectivity index (χ1v) is 9.83. The lowest BCUT2D eigenvalue weighted by atomic mass is 10.2. The summed E-state index contributed by atoms with van der Waals surface area (Å²) in [6.07, 6.45) is 1.56. The highest BCUT2D eigenvalue weighted by Crippen LogP contribution is 2.13. The van der Waals surface area contributed by atoms with Crippen LogP contribution < -0.4 is 11.0 Å². The van der Waals surface area contributed by atoms with Gasteiger partial charge in [-0.3, -0.25) is 24.1 Å². The van der Waals surface area contributed by atoms with Crippen molar-refractivity contribution in [3.63, 3.8) is 0 Å². The monoisotopic (exact) mass is 447 g/mol. The Balaban J connectivity index is 1.99. The molecule has 0 unspecified atom stereocenters. The maximum Gasteiger partial charge on any atom is 0.341 e. The van der Waals surface area contributed by atoms with Gasteiger partial charge in [-0.25, -0.2) is 9.78 Å². The van der Waals surface area contributed by atoms with E-state index >= 15 is 0 Å². The van der Waals surface area contributed by atoms with Crippen molar-refractivity contribution in [2.75, 3.05) is 6.61 Å². The zero-order chi connectivity index (χ0) is 23.7. The van der Waals surface area contributed by atoms with Crippen molar-refractivity contribution in [2.45, 2.75) is 6.92 Å². The van der Waals surface area contributed by atoms with Crippen LogP contribution in [-0.4, -0.2) is 37.4 Å². The third kappa shape index (κ3) is 3.87. The number of ether oxygens (including phenoxy) is 1. The molecule has 3 aromatic heterocycles. The van der Waals surface area contributed by atoms with E-state index in [2.05, 4.69) is 9.98 Å². The van der Waals surface area contributed by atoms with Gasteiger partial charge in [-0.15, -0.1) is 0 Å². The van der Waals surface area contributed by atoms with Gasteiger partial charge in [0.2, 0.25) is 0 Å². The van der Waals surface area contributed by atoms with Gasteiger partial charge in [0.15, 0.2) is 5.49 Å². The average molecular weight is 447 g/mol. The number of amides is 1. The molecule has 11 heteroatoms. The fraction of sp³-hybridized carbons (Fsp3) is 0.136. The van der Waals surface area contributed by atoms with Gasteiger partial charge in [-0.1, -0.05) is 6.07 Å². The lowest BCUT2D eigenvalue weighted by molar-refractivity contribution is -0.384. The first kappa shape index (κ1) is 21.6. The van der Waals surface area contributed by atoms with Crippen LogP contribution in [0.25, 0.3) is 16.7 Å². The van der Waals surface area contributed by atoms with Crippen molar-refractivity contribution in [1.82, 2.24) is 14.0 Å². The number of nitrogens with zero attached hydrogens (tertiary/aromatic N) is 5. The molecule has 0 bridgehead atoms. The van der Waals surface area contributed by atoms with Gasteiger partial charge in [0.25, 0.3) is 17.2 Å². The van der Waals surface area contributed by atoms with E-state index in [4.69, 9.17) is 4.74 Å². The van der Waals surface area contributed by atoms with Crippen molar-refractivity contribution in [3.8, 4) is 0 Å². The molecule has 0 atom stereocenters. The number of pyridine rings is 2. The second-order valence-electron chi connectivity index (χ2n) is 6.97. The summed E-state index contributed by atoms with van der Waals surface area (Å²) in [4.78, 5) is 57.3. The lowest BCUT2D eigenvalue weighted by Crippen LogP contribution is -2.31. The molecule has 11 nitrogen and oxygen atoms in total. The minimum absolute atomic E-state index is 0.0588. The summed E-state index contributed by atoms with van der Waals surface area (Å²) in [5.74, 6) is -1.49. The number of aromatic nitrogens is 3. The maximum absolute atomic E-state index is 13.0. The lowest BCUT2D eigenvalue weighted by Gasteiger charge is -2.11. The van der Waals surface area contributed by atoms with Crippen LogP contribution in [0.2, 0.25) is 0 Å². The Labute approximate surface area is 185 Å². The summed E-state index contributed by atoms with van der Waals surface area (Å²) in [6, 6.07) is 11.3. The van der Waals surface area contributed by atoms with Crippen molar-refractivity contribution in [2.24, 2.45) is 12.0 Å². The predicted molar refractivity (Wildman–Crippen MR) is 117 cm³/mol. The van der Waals surface area contributed by atoms with E-state index in [1.54, 1.807) is 31.3 Å². The quantitative estimate of drug-likeness (QED) is 0.202. The minimum Gasteiger partial charge on any atom is -0.462 e. The Morgan fingerprint density at radius 3 is 2.58 bits per heavy atom. The number of rotatable bonds is 4. The number of aryl methyl sites for hydroxylation is 1. The number of hydrogen-bond acceptors (Lipinski definition) is 7. The second-order valence-corrected chi connectivity index (χ2v) is 6.97. The van der Waals surface area contributed by atoms with Crippen LogP contribution >= 0.6 is 0 Å². The number of carbonyl (C=O) groups excluding carboxylic acids is 2. The highest BCUT2D eigenvalue weighted by Gasteiger charge is 2.19. The molecule has 1 amide bonds. The smallest absolute Gasteiger partial charge is 0.341 e. The molecule has 0 aliphatic heterocycles. The minimum atomic E-state index is -0.761. The molecule has 0 fully saturated rings. The number of esters is 1. The number of non-ortho nitro benzene ring substituents is 1.